The zero-order chi connectivity index (χ0) is 18.8. The van der Waals surface area contributed by atoms with Gasteiger partial charge in [0.2, 0.25) is 0 Å². The summed E-state index contributed by atoms with van der Waals surface area (Å²) in [6.45, 7) is 7.09. The van der Waals surface area contributed by atoms with Crippen LogP contribution in [0.2, 0.25) is 0 Å². The topological polar surface area (TPSA) is 51.9 Å². The molecule has 3 aromatic rings. The first-order valence-electron chi connectivity index (χ1n) is 8.93. The third-order valence-corrected chi connectivity index (χ3v) is 5.11. The monoisotopic (exact) mass is 370 g/mol. The molecule has 0 aliphatic heterocycles. The minimum Gasteiger partial charge on any atom is -0.328 e. The Kier molecular flexibility index (Phi) is 5.41. The van der Waals surface area contributed by atoms with Crippen LogP contribution in [0.25, 0.3) is 22.2 Å². The fourth-order valence-corrected chi connectivity index (χ4v) is 3.70. The maximum Gasteiger partial charge on any atom is 0.253 e. The van der Waals surface area contributed by atoms with Crippen molar-refractivity contribution < 1.29 is 0 Å². The van der Waals surface area contributed by atoms with E-state index < -0.39 is 0 Å². The lowest BCUT2D eigenvalue weighted by molar-refractivity contribution is 0.631. The number of nitrogens with zero attached hydrogens (tertiary/aromatic N) is 3. The quantitative estimate of drug-likeness (QED) is 0.649. The van der Waals surface area contributed by atoms with Crippen LogP contribution < -0.4 is 10.3 Å². The highest BCUT2D eigenvalue weighted by Crippen LogP contribution is 2.32. The van der Waals surface area contributed by atoms with E-state index in [-0.39, 0.29) is 5.56 Å². The van der Waals surface area contributed by atoms with Crippen molar-refractivity contribution in [1.82, 2.24) is 14.1 Å². The molecule has 1 N–H and O–H groups in total. The molecule has 0 saturated heterocycles. The summed E-state index contributed by atoms with van der Waals surface area (Å²) in [5.74, 6) is 1.03. The summed E-state index contributed by atoms with van der Waals surface area (Å²) in [6, 6.07) is 6.27. The van der Waals surface area contributed by atoms with Crippen LogP contribution in [0.5, 0.6) is 0 Å². The number of hydrogen-bond acceptors (Lipinski definition) is 4. The largest absolute Gasteiger partial charge is 0.328 e. The van der Waals surface area contributed by atoms with Crippen LogP contribution in [0.4, 0.5) is 5.69 Å². The fourth-order valence-electron chi connectivity index (χ4n) is 3.33. The van der Waals surface area contributed by atoms with Gasteiger partial charge in [-0.15, -0.1) is 0 Å². The van der Waals surface area contributed by atoms with Gasteiger partial charge in [-0.25, -0.2) is 4.98 Å². The molecule has 3 rings (SSSR count). The van der Waals surface area contributed by atoms with Crippen LogP contribution >= 0.6 is 11.9 Å². The summed E-state index contributed by atoms with van der Waals surface area (Å²) < 4.78 is 7.31. The van der Waals surface area contributed by atoms with E-state index in [9.17, 15) is 4.79 Å². The second kappa shape index (κ2) is 7.58. The van der Waals surface area contributed by atoms with Crippen LogP contribution in [0.15, 0.2) is 29.2 Å². The summed E-state index contributed by atoms with van der Waals surface area (Å²) in [4.78, 5) is 16.8. The third kappa shape index (κ3) is 3.38. The van der Waals surface area contributed by atoms with Gasteiger partial charge in [0.25, 0.3) is 5.56 Å². The molecular weight excluding hydrogens is 344 g/mol. The molecule has 0 radical (unpaired) electrons. The van der Waals surface area contributed by atoms with Gasteiger partial charge in [0.15, 0.2) is 0 Å². The lowest BCUT2D eigenvalue weighted by Crippen LogP contribution is -2.18. The highest BCUT2D eigenvalue weighted by molar-refractivity contribution is 7.99. The molecule has 0 fully saturated rings. The van der Waals surface area contributed by atoms with Crippen molar-refractivity contribution in [1.29, 1.82) is 0 Å². The van der Waals surface area contributed by atoms with E-state index in [4.69, 9.17) is 4.98 Å². The molecule has 0 aliphatic carbocycles. The van der Waals surface area contributed by atoms with Crippen molar-refractivity contribution in [3.8, 4) is 11.1 Å². The number of imidazole rings is 1. The first kappa shape index (κ1) is 18.6. The number of nitrogens with one attached hydrogen (secondary N) is 1. The Morgan fingerprint density at radius 3 is 2.62 bits per heavy atom. The van der Waals surface area contributed by atoms with Gasteiger partial charge in [-0.05, 0) is 49.6 Å². The van der Waals surface area contributed by atoms with Crippen LogP contribution in [0.1, 0.15) is 31.2 Å². The number of fused-ring (bicyclic) bond motifs is 1. The van der Waals surface area contributed by atoms with Crippen LogP contribution in [0.3, 0.4) is 0 Å². The molecule has 0 saturated carbocycles. The lowest BCUT2D eigenvalue weighted by Gasteiger charge is -2.12. The Hall–Kier alpha value is -2.21. The molecule has 2 heterocycles. The number of pyridine rings is 1. The number of anilines is 1. The average molecular weight is 371 g/mol. The molecule has 0 unspecified atom stereocenters. The highest BCUT2D eigenvalue weighted by Gasteiger charge is 2.14. The number of aryl methyl sites for hydroxylation is 4. The molecule has 0 aliphatic rings. The molecule has 0 atom stereocenters. The number of aromatic nitrogens is 3. The molecule has 5 nitrogen and oxygen atoms in total. The zero-order valence-electron chi connectivity index (χ0n) is 16.1. The predicted octanol–water partition coefficient (Wildman–Crippen LogP) is 4.51. The molecule has 138 valence electrons. The van der Waals surface area contributed by atoms with Gasteiger partial charge in [0.05, 0.1) is 11.2 Å². The van der Waals surface area contributed by atoms with Crippen molar-refractivity contribution >= 4 is 28.7 Å². The van der Waals surface area contributed by atoms with Gasteiger partial charge in [-0.1, -0.05) is 25.3 Å². The van der Waals surface area contributed by atoms with Crippen molar-refractivity contribution in [2.75, 3.05) is 11.0 Å². The molecule has 2 aromatic heterocycles. The molecule has 0 bridgehead atoms. The summed E-state index contributed by atoms with van der Waals surface area (Å²) in [7, 11) is 1.80. The number of rotatable bonds is 6. The minimum absolute atomic E-state index is 0.0427. The Morgan fingerprint density at radius 2 is 1.96 bits per heavy atom. The molecular formula is C20H26N4OS. The van der Waals surface area contributed by atoms with E-state index in [1.54, 1.807) is 23.6 Å². The first-order chi connectivity index (χ1) is 12.5. The molecule has 0 spiro atoms. The van der Waals surface area contributed by atoms with Gasteiger partial charge in [-0.2, -0.15) is 0 Å². The second-order valence-electron chi connectivity index (χ2n) is 6.69. The van der Waals surface area contributed by atoms with E-state index in [1.807, 2.05) is 25.4 Å². The summed E-state index contributed by atoms with van der Waals surface area (Å²) in [5.41, 5.74) is 6.06. The van der Waals surface area contributed by atoms with Gasteiger partial charge >= 0.3 is 0 Å². The number of hydrogen-bond donors (Lipinski definition) is 1. The summed E-state index contributed by atoms with van der Waals surface area (Å²) >= 11 is 1.56. The zero-order valence-corrected chi connectivity index (χ0v) is 16.9. The van der Waals surface area contributed by atoms with Crippen LogP contribution in [-0.4, -0.2) is 20.4 Å². The Labute approximate surface area is 158 Å². The lowest BCUT2D eigenvalue weighted by atomic mass is 10.0. The van der Waals surface area contributed by atoms with Gasteiger partial charge < -0.3 is 13.9 Å². The highest BCUT2D eigenvalue weighted by atomic mass is 32.2. The molecule has 0 amide bonds. The van der Waals surface area contributed by atoms with Crippen LogP contribution in [-0.2, 0) is 13.6 Å². The molecule has 6 heteroatoms. The fraction of sp³-hybridized carbons (Fsp3) is 0.400. The Bertz CT molecular complexity index is 977. The number of unbranched alkanes of at least 4 members (excludes halogenated alkanes) is 1. The second-order valence-corrected chi connectivity index (χ2v) is 7.30. The van der Waals surface area contributed by atoms with E-state index >= 15 is 0 Å². The van der Waals surface area contributed by atoms with Crippen molar-refractivity contribution in [3.05, 3.63) is 46.1 Å². The first-order valence-corrected chi connectivity index (χ1v) is 10.2. The summed E-state index contributed by atoms with van der Waals surface area (Å²) in [6.07, 6.45) is 6.18. The smallest absolute Gasteiger partial charge is 0.253 e. The van der Waals surface area contributed by atoms with Crippen LogP contribution in [0, 0.1) is 13.8 Å². The molecule has 1 aromatic carbocycles. The maximum absolute atomic E-state index is 12.0. The maximum atomic E-state index is 12.0. The molecule has 26 heavy (non-hydrogen) atoms. The van der Waals surface area contributed by atoms with Crippen molar-refractivity contribution in [3.63, 3.8) is 0 Å². The van der Waals surface area contributed by atoms with Gasteiger partial charge in [-0.3, -0.25) is 4.79 Å². The SMILES string of the molecule is CCCCn1c(C)nc2c(NSC)cc(-c3cc(C)c(=O)n(C)c3)cc21. The predicted molar refractivity (Wildman–Crippen MR) is 112 cm³/mol. The standard InChI is InChI=1S/C20H26N4OS/c1-6-7-8-24-14(3)21-19-17(22-26-5)10-15(11-18(19)24)16-9-13(2)20(25)23(4)12-16/h9-12,22H,6-8H2,1-5H3. The van der Waals surface area contributed by atoms with E-state index in [2.05, 4.69) is 35.3 Å². The van der Waals surface area contributed by atoms with Gasteiger partial charge in [0.1, 0.15) is 11.3 Å². The Balaban J connectivity index is 2.24. The third-order valence-electron chi connectivity index (χ3n) is 4.69. The van der Waals surface area contributed by atoms with Gasteiger partial charge in [0, 0.05) is 31.6 Å². The summed E-state index contributed by atoms with van der Waals surface area (Å²) in [5, 5.41) is 0. The van der Waals surface area contributed by atoms with Crippen molar-refractivity contribution in [2.45, 2.75) is 40.2 Å². The Morgan fingerprint density at radius 1 is 1.19 bits per heavy atom. The van der Waals surface area contributed by atoms with E-state index in [0.29, 0.717) is 0 Å². The minimum atomic E-state index is 0.0427. The average Bonchev–Trinajstić information content (AvgIpc) is 2.93. The van der Waals surface area contributed by atoms with Crippen molar-refractivity contribution in [2.24, 2.45) is 7.05 Å². The number of benzene rings is 1. The van der Waals surface area contributed by atoms with E-state index in [1.165, 1.54) is 0 Å². The normalized spacial score (nSPS) is 11.3. The van der Waals surface area contributed by atoms with E-state index in [0.717, 1.165) is 58.6 Å².